The summed E-state index contributed by atoms with van der Waals surface area (Å²) in [7, 11) is 0. The van der Waals surface area contributed by atoms with E-state index in [1.165, 1.54) is 18.2 Å². The number of nitrogens with two attached hydrogens (primary N) is 1. The number of esters is 1. The lowest BCUT2D eigenvalue weighted by Gasteiger charge is -2.08. The number of hydrogen-bond donors (Lipinski definition) is 1. The number of para-hydroxylation sites is 1. The van der Waals surface area contributed by atoms with Crippen LogP contribution in [0.25, 0.3) is 0 Å². The molecule has 2 aromatic rings. The molecule has 2 rings (SSSR count). The molecule has 7 heteroatoms. The maximum absolute atomic E-state index is 13.6. The minimum atomic E-state index is -0.576. The molecule has 1 aromatic carbocycles. The van der Waals surface area contributed by atoms with E-state index in [0.717, 1.165) is 11.3 Å². The van der Waals surface area contributed by atoms with Gasteiger partial charge in [-0.1, -0.05) is 12.1 Å². The average molecular weight is 320 g/mol. The fourth-order valence-corrected chi connectivity index (χ4v) is 2.74. The molecule has 0 fully saturated rings. The van der Waals surface area contributed by atoms with Gasteiger partial charge in [-0.05, 0) is 19.1 Å². The van der Waals surface area contributed by atoms with E-state index in [1.54, 1.807) is 13.0 Å². The number of ether oxygens (including phenoxy) is 2. The second-order valence-corrected chi connectivity index (χ2v) is 5.25. The molecule has 0 saturated carbocycles. The number of nitrogens with zero attached hydrogens (tertiary/aromatic N) is 1. The van der Waals surface area contributed by atoms with Crippen molar-refractivity contribution in [3.05, 3.63) is 46.1 Å². The van der Waals surface area contributed by atoms with Gasteiger partial charge in [0.15, 0.2) is 11.6 Å². The third-order valence-corrected chi connectivity index (χ3v) is 3.86. The third kappa shape index (κ3) is 3.18. The van der Waals surface area contributed by atoms with Crippen LogP contribution in [0.1, 0.15) is 27.7 Å². The Kier molecular flexibility index (Phi) is 4.96. The Balaban J connectivity index is 2.31. The highest BCUT2D eigenvalue weighted by molar-refractivity contribution is 7.18. The van der Waals surface area contributed by atoms with Crippen LogP contribution < -0.4 is 10.5 Å². The van der Waals surface area contributed by atoms with Gasteiger partial charge in [-0.25, -0.2) is 9.18 Å². The van der Waals surface area contributed by atoms with Crippen molar-refractivity contribution in [2.24, 2.45) is 0 Å². The second-order valence-electron chi connectivity index (χ2n) is 4.20. The minimum absolute atomic E-state index is 0.0333. The van der Waals surface area contributed by atoms with E-state index in [1.807, 2.05) is 6.07 Å². The smallest absolute Gasteiger partial charge is 0.348 e. The van der Waals surface area contributed by atoms with Crippen LogP contribution in [-0.4, -0.2) is 12.6 Å². The van der Waals surface area contributed by atoms with Gasteiger partial charge in [-0.15, -0.1) is 11.3 Å². The van der Waals surface area contributed by atoms with Crippen LogP contribution in [0.4, 0.5) is 9.39 Å². The number of hydrogen-bond acceptors (Lipinski definition) is 6. The quantitative estimate of drug-likeness (QED) is 0.856. The van der Waals surface area contributed by atoms with Gasteiger partial charge in [0.1, 0.15) is 22.6 Å². The highest BCUT2D eigenvalue weighted by Crippen LogP contribution is 2.32. The monoisotopic (exact) mass is 320 g/mol. The first-order valence-corrected chi connectivity index (χ1v) is 7.25. The van der Waals surface area contributed by atoms with Crippen molar-refractivity contribution in [2.45, 2.75) is 13.5 Å². The molecule has 1 aromatic heterocycles. The summed E-state index contributed by atoms with van der Waals surface area (Å²) < 4.78 is 23.9. The number of carbonyl (C=O) groups is 1. The van der Waals surface area contributed by atoms with Crippen molar-refractivity contribution >= 4 is 22.3 Å². The zero-order valence-electron chi connectivity index (χ0n) is 11.8. The molecule has 114 valence electrons. The summed E-state index contributed by atoms with van der Waals surface area (Å²) in [6, 6.07) is 7.81. The molecule has 0 bridgehead atoms. The fraction of sp³-hybridized carbons (Fsp3) is 0.200. The first-order chi connectivity index (χ1) is 10.6. The summed E-state index contributed by atoms with van der Waals surface area (Å²) in [6.07, 6.45) is 0. The maximum atomic E-state index is 13.6. The summed E-state index contributed by atoms with van der Waals surface area (Å²) in [5, 5.41) is 9.38. The Hall–Kier alpha value is -2.59. The van der Waals surface area contributed by atoms with Gasteiger partial charge in [0.2, 0.25) is 0 Å². The van der Waals surface area contributed by atoms with Crippen LogP contribution in [0.2, 0.25) is 0 Å². The average Bonchev–Trinajstić information content (AvgIpc) is 2.82. The Bertz CT molecular complexity index is 737. The number of thiophene rings is 1. The Morgan fingerprint density at radius 3 is 2.82 bits per heavy atom. The lowest BCUT2D eigenvalue weighted by Crippen LogP contribution is -2.08. The van der Waals surface area contributed by atoms with Crippen molar-refractivity contribution in [1.82, 2.24) is 0 Å². The molecule has 0 saturated heterocycles. The van der Waals surface area contributed by atoms with Gasteiger partial charge >= 0.3 is 5.97 Å². The minimum Gasteiger partial charge on any atom is -0.486 e. The van der Waals surface area contributed by atoms with Crippen LogP contribution in [0.15, 0.2) is 24.3 Å². The second kappa shape index (κ2) is 6.91. The van der Waals surface area contributed by atoms with Crippen molar-refractivity contribution < 1.29 is 18.7 Å². The normalized spacial score (nSPS) is 10.0. The first kappa shape index (κ1) is 15.8. The van der Waals surface area contributed by atoms with E-state index in [-0.39, 0.29) is 34.4 Å². The lowest BCUT2D eigenvalue weighted by molar-refractivity contribution is 0.0529. The molecular weight excluding hydrogens is 307 g/mol. The maximum Gasteiger partial charge on any atom is 0.348 e. The molecule has 0 aliphatic rings. The zero-order chi connectivity index (χ0) is 16.1. The number of nitriles is 1. The number of rotatable bonds is 5. The lowest BCUT2D eigenvalue weighted by atomic mass is 10.1. The van der Waals surface area contributed by atoms with Gasteiger partial charge in [0.25, 0.3) is 0 Å². The fourth-order valence-electron chi connectivity index (χ4n) is 1.82. The molecule has 0 unspecified atom stereocenters. The number of halogens is 1. The van der Waals surface area contributed by atoms with Crippen LogP contribution in [0, 0.1) is 17.1 Å². The molecule has 0 aliphatic heterocycles. The first-order valence-electron chi connectivity index (χ1n) is 6.44. The summed E-state index contributed by atoms with van der Waals surface area (Å²) in [4.78, 5) is 12.1. The van der Waals surface area contributed by atoms with Crippen molar-refractivity contribution in [1.29, 1.82) is 5.26 Å². The molecule has 0 radical (unpaired) electrons. The Morgan fingerprint density at radius 1 is 1.45 bits per heavy atom. The van der Waals surface area contributed by atoms with E-state index >= 15 is 0 Å². The van der Waals surface area contributed by atoms with Gasteiger partial charge in [0.05, 0.1) is 12.2 Å². The van der Waals surface area contributed by atoms with Gasteiger partial charge < -0.3 is 15.2 Å². The van der Waals surface area contributed by atoms with Crippen LogP contribution in [-0.2, 0) is 11.3 Å². The zero-order valence-corrected chi connectivity index (χ0v) is 12.6. The topological polar surface area (TPSA) is 85.3 Å². The van der Waals surface area contributed by atoms with E-state index < -0.39 is 11.8 Å². The predicted octanol–water partition coefficient (Wildman–Crippen LogP) is 3.10. The van der Waals surface area contributed by atoms with Gasteiger partial charge in [-0.3, -0.25) is 0 Å². The number of anilines is 1. The highest BCUT2D eigenvalue weighted by Gasteiger charge is 2.23. The molecule has 0 spiro atoms. The van der Waals surface area contributed by atoms with E-state index in [9.17, 15) is 14.4 Å². The number of benzene rings is 1. The number of carbonyl (C=O) groups excluding carboxylic acids is 1. The molecule has 0 atom stereocenters. The summed E-state index contributed by atoms with van der Waals surface area (Å²) in [5.41, 5.74) is 6.21. The van der Waals surface area contributed by atoms with Crippen molar-refractivity contribution in [2.75, 3.05) is 12.3 Å². The predicted molar refractivity (Wildman–Crippen MR) is 80.1 cm³/mol. The molecular formula is C15H13FN2O3S. The number of nitrogen functional groups attached to an aromatic ring is 1. The van der Waals surface area contributed by atoms with E-state index in [2.05, 4.69) is 0 Å². The molecule has 1 heterocycles. The van der Waals surface area contributed by atoms with E-state index in [4.69, 9.17) is 15.2 Å². The standard InChI is InChI=1S/C15H13FN2O3S/c1-2-20-15(19)13-10(9(7-17)14(18)22-13)8-21-12-6-4-3-5-11(12)16/h3-6H,2,8,18H2,1H3. The van der Waals surface area contributed by atoms with Gasteiger partial charge in [0, 0.05) is 5.56 Å². The molecule has 0 amide bonds. The Labute approximate surface area is 130 Å². The molecule has 2 N–H and O–H groups in total. The van der Waals surface area contributed by atoms with Crippen LogP contribution in [0.3, 0.4) is 0 Å². The summed E-state index contributed by atoms with van der Waals surface area (Å²) in [6.45, 7) is 1.73. The molecule has 5 nitrogen and oxygen atoms in total. The largest absolute Gasteiger partial charge is 0.486 e. The van der Waals surface area contributed by atoms with E-state index in [0.29, 0.717) is 5.56 Å². The van der Waals surface area contributed by atoms with Crippen molar-refractivity contribution in [3.63, 3.8) is 0 Å². The van der Waals surface area contributed by atoms with Crippen LogP contribution >= 0.6 is 11.3 Å². The van der Waals surface area contributed by atoms with Crippen LogP contribution in [0.5, 0.6) is 5.75 Å². The highest BCUT2D eigenvalue weighted by atomic mass is 32.1. The summed E-state index contributed by atoms with van der Waals surface area (Å²) in [5.74, 6) is -1.07. The Morgan fingerprint density at radius 2 is 2.18 bits per heavy atom. The third-order valence-electron chi connectivity index (χ3n) is 2.82. The SMILES string of the molecule is CCOC(=O)c1sc(N)c(C#N)c1COc1ccccc1F. The molecule has 0 aliphatic carbocycles. The molecule has 22 heavy (non-hydrogen) atoms. The summed E-state index contributed by atoms with van der Waals surface area (Å²) >= 11 is 0.960. The van der Waals surface area contributed by atoms with Crippen molar-refractivity contribution in [3.8, 4) is 11.8 Å². The van der Waals surface area contributed by atoms with Gasteiger partial charge in [-0.2, -0.15) is 5.26 Å².